The van der Waals surface area contributed by atoms with Gasteiger partial charge in [-0.05, 0) is 128 Å². The molecule has 4 aromatic carbocycles. The van der Waals surface area contributed by atoms with Gasteiger partial charge in [-0.15, -0.1) is 0 Å². The normalized spacial score (nSPS) is 14.5. The molecule has 0 spiro atoms. The van der Waals surface area contributed by atoms with Gasteiger partial charge in [0, 0.05) is 32.1 Å². The molecule has 4 rings (SSSR count). The number of hydrogen-bond acceptors (Lipinski definition) is 6. The van der Waals surface area contributed by atoms with Gasteiger partial charge in [0.25, 0.3) is 0 Å². The predicted molar refractivity (Wildman–Crippen MR) is 199 cm³/mol. The molecule has 2 nitrogen and oxygen atoms in total. The van der Waals surface area contributed by atoms with E-state index in [1.165, 1.54) is 32.0 Å². The topological polar surface area (TPSA) is 18.5 Å². The third kappa shape index (κ3) is 9.13. The largest absolute Gasteiger partial charge is 0.414 e. The van der Waals surface area contributed by atoms with Crippen molar-refractivity contribution in [1.82, 2.24) is 0 Å². The quantitative estimate of drug-likeness (QED) is 0.0619. The van der Waals surface area contributed by atoms with Gasteiger partial charge in [-0.2, -0.15) is 0 Å². The van der Waals surface area contributed by atoms with Gasteiger partial charge in [0.2, 0.25) is 19.5 Å². The lowest BCUT2D eigenvalue weighted by molar-refractivity contribution is 0.243. The molecule has 8 heteroatoms. The first-order chi connectivity index (χ1) is 21.3. The Labute approximate surface area is 285 Å². The molecule has 2 unspecified atom stereocenters. The zero-order valence-corrected chi connectivity index (χ0v) is 31.7. The second-order valence-electron chi connectivity index (χ2n) is 11.1. The lowest BCUT2D eigenvalue weighted by Gasteiger charge is -2.33. The molecule has 0 N–H and O–H groups in total. The van der Waals surface area contributed by atoms with Crippen LogP contribution < -0.4 is 0 Å². The van der Waals surface area contributed by atoms with Crippen molar-refractivity contribution in [2.45, 2.75) is 86.5 Å². The molecule has 230 valence electrons. The van der Waals surface area contributed by atoms with E-state index in [4.69, 9.17) is 8.85 Å². The van der Waals surface area contributed by atoms with Crippen molar-refractivity contribution in [2.24, 2.45) is 0 Å². The van der Waals surface area contributed by atoms with Gasteiger partial charge < -0.3 is 8.85 Å². The fourth-order valence-corrected chi connectivity index (χ4v) is 12.9. The molecule has 0 saturated heterocycles. The maximum Gasteiger partial charge on any atom is 0.246 e. The van der Waals surface area contributed by atoms with Crippen molar-refractivity contribution in [2.75, 3.05) is 0 Å². The number of benzene rings is 4. The van der Waals surface area contributed by atoms with Crippen LogP contribution >= 0.6 is 41.2 Å². The zero-order chi connectivity index (χ0) is 31.4. The summed E-state index contributed by atoms with van der Waals surface area (Å²) in [6.07, 6.45) is 2.35. The Morgan fingerprint density at radius 2 is 0.886 bits per heavy atom. The maximum atomic E-state index is 6.29. The molecule has 0 aromatic heterocycles. The molecule has 4 radical (unpaired) electrons. The third-order valence-corrected chi connectivity index (χ3v) is 17.2. The second-order valence-corrected chi connectivity index (χ2v) is 19.5. The summed E-state index contributed by atoms with van der Waals surface area (Å²) < 4.78 is 12.6. The van der Waals surface area contributed by atoms with Gasteiger partial charge in [0.05, 0.1) is 0 Å². The van der Waals surface area contributed by atoms with E-state index < -0.39 is 0 Å². The molecule has 2 atom stereocenters. The van der Waals surface area contributed by atoms with Crippen molar-refractivity contribution < 1.29 is 8.85 Å². The highest BCUT2D eigenvalue weighted by Gasteiger charge is 2.36. The van der Waals surface area contributed by atoms with Crippen LogP contribution in [0.4, 0.5) is 0 Å². The van der Waals surface area contributed by atoms with Crippen molar-refractivity contribution in [1.29, 1.82) is 0 Å². The Kier molecular flexibility index (Phi) is 14.1. The minimum atomic E-state index is -0.153. The molecular formula is C36H42O2S4Si2. The van der Waals surface area contributed by atoms with E-state index in [1.54, 1.807) is 0 Å². The summed E-state index contributed by atoms with van der Waals surface area (Å²) in [7, 11) is 7.99. The van der Waals surface area contributed by atoms with Crippen molar-refractivity contribution >= 4 is 60.8 Å². The van der Waals surface area contributed by atoms with Crippen LogP contribution in [0.3, 0.4) is 0 Å². The Balaban J connectivity index is 1.47. The summed E-state index contributed by atoms with van der Waals surface area (Å²) in [6.45, 7) is 13.0. The first kappa shape index (κ1) is 35.5. The van der Waals surface area contributed by atoms with Crippen LogP contribution in [-0.2, 0) is 18.9 Å². The van der Waals surface area contributed by atoms with E-state index in [9.17, 15) is 0 Å². The van der Waals surface area contributed by atoms with Crippen LogP contribution in [0.5, 0.6) is 0 Å². The smallest absolute Gasteiger partial charge is 0.246 e. The summed E-state index contributed by atoms with van der Waals surface area (Å²) in [5, 5.41) is -0.306. The Morgan fingerprint density at radius 1 is 0.523 bits per heavy atom. The summed E-state index contributed by atoms with van der Waals surface area (Å²) in [5.74, 6) is 0. The SMILES string of the molecule is CCC([Si]OC(C)C)(c1ccccc1)c1cccc(SSSSc2cccc(C(CC)([Si]OC(C)C)c3ccccc3)c2)c1. The molecular weight excluding hydrogens is 649 g/mol. The van der Waals surface area contributed by atoms with Gasteiger partial charge >= 0.3 is 0 Å². The van der Waals surface area contributed by atoms with E-state index in [0.29, 0.717) is 19.5 Å². The Morgan fingerprint density at radius 3 is 1.23 bits per heavy atom. The highest BCUT2D eigenvalue weighted by Crippen LogP contribution is 2.50. The molecule has 0 bridgehead atoms. The average Bonchev–Trinajstić information content (AvgIpc) is 3.05. The predicted octanol–water partition coefficient (Wildman–Crippen LogP) is 11.2. The summed E-state index contributed by atoms with van der Waals surface area (Å²) in [4.78, 5) is 2.53. The highest BCUT2D eigenvalue weighted by atomic mass is 33.7. The standard InChI is InChI=1S/C36H42O2S4Si2/c1-7-35(43-37-27(3)4,29-17-11-9-12-18-29)31-21-15-23-33(25-31)39-41-42-40-34-24-16-22-32(26-34)36(8-2,44-38-28(5)6)30-19-13-10-14-20-30/h9-28H,7-8H2,1-6H3. The van der Waals surface area contributed by atoms with Crippen LogP contribution in [0.1, 0.15) is 76.6 Å². The second kappa shape index (κ2) is 17.5. The molecule has 0 aliphatic carbocycles. The summed E-state index contributed by atoms with van der Waals surface area (Å²) >= 11 is 0. The Bertz CT molecular complexity index is 1320. The number of hydrogen-bond donors (Lipinski definition) is 0. The lowest BCUT2D eigenvalue weighted by atomic mass is 9.88. The molecule has 0 fully saturated rings. The van der Waals surface area contributed by atoms with Crippen LogP contribution in [0, 0.1) is 0 Å². The van der Waals surface area contributed by atoms with Crippen molar-refractivity contribution in [3.8, 4) is 0 Å². The van der Waals surface area contributed by atoms with Gasteiger partial charge in [-0.3, -0.25) is 0 Å². The van der Waals surface area contributed by atoms with E-state index >= 15 is 0 Å². The van der Waals surface area contributed by atoms with Crippen LogP contribution in [-0.4, -0.2) is 31.7 Å². The molecule has 44 heavy (non-hydrogen) atoms. The van der Waals surface area contributed by atoms with E-state index in [0.717, 1.165) is 12.8 Å². The minimum absolute atomic E-state index is 0.153. The van der Waals surface area contributed by atoms with Gasteiger partial charge in [-0.25, -0.2) is 0 Å². The van der Waals surface area contributed by atoms with Gasteiger partial charge in [-0.1, -0.05) is 98.8 Å². The first-order valence-electron chi connectivity index (χ1n) is 15.2. The minimum Gasteiger partial charge on any atom is -0.414 e. The van der Waals surface area contributed by atoms with Crippen LogP contribution in [0.25, 0.3) is 0 Å². The number of rotatable bonds is 17. The summed E-state index contributed by atoms with van der Waals surface area (Å²) in [5.41, 5.74) is 5.28. The third-order valence-electron chi connectivity index (χ3n) is 7.47. The van der Waals surface area contributed by atoms with E-state index in [1.807, 2.05) is 41.2 Å². The molecule has 0 amide bonds. The fraction of sp³-hybridized carbons (Fsp3) is 0.333. The van der Waals surface area contributed by atoms with E-state index in [2.05, 4.69) is 151 Å². The monoisotopic (exact) mass is 690 g/mol. The molecule has 4 aromatic rings. The Hall–Kier alpha value is -1.37. The van der Waals surface area contributed by atoms with E-state index in [-0.39, 0.29) is 22.3 Å². The van der Waals surface area contributed by atoms with Crippen molar-refractivity contribution in [3.05, 3.63) is 131 Å². The highest BCUT2D eigenvalue weighted by molar-refractivity contribution is 9.26. The average molecular weight is 691 g/mol. The molecule has 0 aliphatic rings. The molecule has 0 heterocycles. The van der Waals surface area contributed by atoms with Gasteiger partial charge in [0.15, 0.2) is 0 Å². The van der Waals surface area contributed by atoms with Gasteiger partial charge in [0.1, 0.15) is 0 Å². The van der Waals surface area contributed by atoms with Crippen molar-refractivity contribution in [3.63, 3.8) is 0 Å². The lowest BCUT2D eigenvalue weighted by Crippen LogP contribution is -2.37. The van der Waals surface area contributed by atoms with Crippen LogP contribution in [0.15, 0.2) is 119 Å². The molecule has 0 saturated carbocycles. The zero-order valence-electron chi connectivity index (χ0n) is 26.4. The van der Waals surface area contributed by atoms with Crippen LogP contribution in [0.2, 0.25) is 0 Å². The maximum absolute atomic E-state index is 6.29. The first-order valence-corrected chi connectivity index (χ1v) is 21.8. The molecule has 0 aliphatic heterocycles. The fourth-order valence-electron chi connectivity index (χ4n) is 5.15. The summed E-state index contributed by atoms with van der Waals surface area (Å²) in [6, 6.07) is 39.8.